The quantitative estimate of drug-likeness (QED) is 0.539. The summed E-state index contributed by atoms with van der Waals surface area (Å²) in [6.07, 6.45) is 1.17. The van der Waals surface area contributed by atoms with Crippen molar-refractivity contribution in [1.82, 2.24) is 10.3 Å². The molecule has 17 heavy (non-hydrogen) atoms. The molecule has 1 fully saturated rings. The van der Waals surface area contributed by atoms with Crippen LogP contribution in [0, 0.1) is 11.3 Å². The van der Waals surface area contributed by atoms with Crippen LogP contribution < -0.4 is 16.6 Å². The van der Waals surface area contributed by atoms with Crippen LogP contribution in [-0.2, 0) is 0 Å². The number of pyridine rings is 1. The fraction of sp³-hybridized carbons (Fsp3) is 0.500. The van der Waals surface area contributed by atoms with Crippen LogP contribution in [0.5, 0.6) is 0 Å². The second-order valence-corrected chi connectivity index (χ2v) is 5.15. The Morgan fingerprint density at radius 3 is 2.88 bits per heavy atom. The van der Waals surface area contributed by atoms with Crippen LogP contribution in [0.15, 0.2) is 18.2 Å². The van der Waals surface area contributed by atoms with E-state index >= 15 is 0 Å². The van der Waals surface area contributed by atoms with Gasteiger partial charge in [-0.15, -0.1) is 0 Å². The second-order valence-electron chi connectivity index (χ2n) is 5.15. The topological polar surface area (TPSA) is 80.0 Å². The maximum atomic E-state index is 11.8. The smallest absolute Gasteiger partial charge is 0.269 e. The Kier molecular flexibility index (Phi) is 3.02. The summed E-state index contributed by atoms with van der Waals surface area (Å²) in [5.74, 6) is 6.17. The molecule has 5 heteroatoms. The Bertz CT molecular complexity index is 430. The molecule has 0 saturated heterocycles. The maximum Gasteiger partial charge on any atom is 0.269 e. The number of hydrogen-bond donors (Lipinski definition) is 3. The van der Waals surface area contributed by atoms with Gasteiger partial charge in [-0.3, -0.25) is 4.79 Å². The van der Waals surface area contributed by atoms with Gasteiger partial charge in [0.1, 0.15) is 11.5 Å². The van der Waals surface area contributed by atoms with Crippen LogP contribution in [0.3, 0.4) is 0 Å². The van der Waals surface area contributed by atoms with Crippen molar-refractivity contribution in [2.75, 3.05) is 12.0 Å². The molecule has 0 aliphatic heterocycles. The third-order valence-electron chi connectivity index (χ3n) is 3.36. The fourth-order valence-electron chi connectivity index (χ4n) is 1.87. The standard InChI is InChI=1S/C12H18N4O/c1-12(2)6-8(12)7-14-11(17)9-4-3-5-10(15-9)16-13/h3-5,8H,6-7,13H2,1-2H3,(H,14,17)(H,15,16). The molecule has 0 aromatic carbocycles. The van der Waals surface area contributed by atoms with Crippen LogP contribution >= 0.6 is 0 Å². The van der Waals surface area contributed by atoms with Crippen molar-refractivity contribution in [3.05, 3.63) is 23.9 Å². The Hall–Kier alpha value is -1.62. The van der Waals surface area contributed by atoms with Crippen LogP contribution in [0.4, 0.5) is 5.82 Å². The van der Waals surface area contributed by atoms with Crippen LogP contribution in [-0.4, -0.2) is 17.4 Å². The minimum atomic E-state index is -0.148. The van der Waals surface area contributed by atoms with Gasteiger partial charge in [0.2, 0.25) is 0 Å². The van der Waals surface area contributed by atoms with Crippen molar-refractivity contribution in [1.29, 1.82) is 0 Å². The zero-order chi connectivity index (χ0) is 12.5. The Balaban J connectivity index is 1.91. The van der Waals surface area contributed by atoms with Crippen LogP contribution in [0.2, 0.25) is 0 Å². The molecule has 1 aromatic rings. The molecule has 0 radical (unpaired) electrons. The van der Waals surface area contributed by atoms with Crippen molar-refractivity contribution in [2.45, 2.75) is 20.3 Å². The number of nitrogen functional groups attached to an aromatic ring is 1. The number of carbonyl (C=O) groups is 1. The molecule has 1 aromatic heterocycles. The highest BCUT2D eigenvalue weighted by molar-refractivity contribution is 5.92. The number of aromatic nitrogens is 1. The van der Waals surface area contributed by atoms with Crippen molar-refractivity contribution < 1.29 is 4.79 Å². The molecule has 1 aliphatic carbocycles. The SMILES string of the molecule is CC1(C)CC1CNC(=O)c1cccc(NN)n1. The fourth-order valence-corrected chi connectivity index (χ4v) is 1.87. The summed E-state index contributed by atoms with van der Waals surface area (Å²) < 4.78 is 0. The molecule has 1 saturated carbocycles. The van der Waals surface area contributed by atoms with Gasteiger partial charge in [-0.1, -0.05) is 19.9 Å². The van der Waals surface area contributed by atoms with Crippen molar-refractivity contribution in [3.8, 4) is 0 Å². The summed E-state index contributed by atoms with van der Waals surface area (Å²) in [5.41, 5.74) is 3.19. The maximum absolute atomic E-state index is 11.8. The lowest BCUT2D eigenvalue weighted by molar-refractivity contribution is 0.0946. The van der Waals surface area contributed by atoms with E-state index < -0.39 is 0 Å². The molecule has 0 bridgehead atoms. The van der Waals surface area contributed by atoms with Gasteiger partial charge in [0.15, 0.2) is 0 Å². The molecular formula is C12H18N4O. The number of nitrogens with one attached hydrogen (secondary N) is 2. The molecule has 92 valence electrons. The third-order valence-corrected chi connectivity index (χ3v) is 3.36. The van der Waals surface area contributed by atoms with Gasteiger partial charge in [-0.05, 0) is 29.9 Å². The summed E-state index contributed by atoms with van der Waals surface area (Å²) in [7, 11) is 0. The number of rotatable bonds is 4. The zero-order valence-corrected chi connectivity index (χ0v) is 10.2. The second kappa shape index (κ2) is 4.33. The van der Waals surface area contributed by atoms with Crippen molar-refractivity contribution in [3.63, 3.8) is 0 Å². The number of nitrogens with zero attached hydrogens (tertiary/aromatic N) is 1. The number of nitrogens with two attached hydrogens (primary N) is 1. The molecule has 0 spiro atoms. The zero-order valence-electron chi connectivity index (χ0n) is 10.2. The first-order chi connectivity index (χ1) is 8.03. The predicted molar refractivity (Wildman–Crippen MR) is 66.3 cm³/mol. The first kappa shape index (κ1) is 11.9. The van der Waals surface area contributed by atoms with E-state index in [0.717, 1.165) is 0 Å². The Morgan fingerprint density at radius 2 is 2.29 bits per heavy atom. The summed E-state index contributed by atoms with van der Waals surface area (Å²) >= 11 is 0. The molecule has 2 rings (SSSR count). The van der Waals surface area contributed by atoms with Gasteiger partial charge in [-0.25, -0.2) is 10.8 Å². The van der Waals surface area contributed by atoms with Crippen molar-refractivity contribution in [2.24, 2.45) is 17.2 Å². The lowest BCUT2D eigenvalue weighted by atomic mass is 10.1. The van der Waals surface area contributed by atoms with Crippen molar-refractivity contribution >= 4 is 11.7 Å². The first-order valence-electron chi connectivity index (χ1n) is 5.75. The number of hydrazine groups is 1. The number of hydrogen-bond acceptors (Lipinski definition) is 4. The van der Waals surface area contributed by atoms with Gasteiger partial charge in [0.05, 0.1) is 0 Å². The van der Waals surface area contributed by atoms with E-state index in [4.69, 9.17) is 5.84 Å². The average Bonchev–Trinajstić information content (AvgIpc) is 2.94. The molecule has 1 aliphatic rings. The minimum Gasteiger partial charge on any atom is -0.350 e. The molecular weight excluding hydrogens is 216 g/mol. The van der Waals surface area contributed by atoms with E-state index in [1.807, 2.05) is 0 Å². The summed E-state index contributed by atoms with van der Waals surface area (Å²) in [6.45, 7) is 5.13. The molecule has 1 atom stereocenters. The number of anilines is 1. The van der Waals surface area contributed by atoms with E-state index in [0.29, 0.717) is 29.4 Å². The summed E-state index contributed by atoms with van der Waals surface area (Å²) in [6, 6.07) is 5.13. The van der Waals surface area contributed by atoms with Crippen LogP contribution in [0.25, 0.3) is 0 Å². The number of amides is 1. The average molecular weight is 234 g/mol. The summed E-state index contributed by atoms with van der Waals surface area (Å²) in [5, 5.41) is 2.90. The lowest BCUT2D eigenvalue weighted by Gasteiger charge is -2.07. The molecule has 4 N–H and O–H groups in total. The minimum absolute atomic E-state index is 0.148. The lowest BCUT2D eigenvalue weighted by Crippen LogP contribution is -2.27. The first-order valence-corrected chi connectivity index (χ1v) is 5.75. The largest absolute Gasteiger partial charge is 0.350 e. The highest BCUT2D eigenvalue weighted by atomic mass is 16.1. The van der Waals surface area contributed by atoms with Gasteiger partial charge in [-0.2, -0.15) is 0 Å². The third kappa shape index (κ3) is 2.74. The Morgan fingerprint density at radius 1 is 1.59 bits per heavy atom. The van der Waals surface area contributed by atoms with Gasteiger partial charge >= 0.3 is 0 Å². The van der Waals surface area contributed by atoms with E-state index in [1.165, 1.54) is 6.42 Å². The number of carbonyl (C=O) groups excluding carboxylic acids is 1. The Labute approximate surface area is 101 Å². The van der Waals surface area contributed by atoms with Gasteiger partial charge in [0.25, 0.3) is 5.91 Å². The van der Waals surface area contributed by atoms with E-state index in [1.54, 1.807) is 18.2 Å². The highest BCUT2D eigenvalue weighted by Gasteiger charge is 2.45. The normalized spacial score (nSPS) is 20.8. The molecule has 5 nitrogen and oxygen atoms in total. The van der Waals surface area contributed by atoms with Gasteiger partial charge < -0.3 is 10.7 Å². The highest BCUT2D eigenvalue weighted by Crippen LogP contribution is 2.50. The summed E-state index contributed by atoms with van der Waals surface area (Å²) in [4.78, 5) is 15.9. The molecule has 1 unspecified atom stereocenters. The van der Waals surface area contributed by atoms with E-state index in [9.17, 15) is 4.79 Å². The molecule has 1 heterocycles. The predicted octanol–water partition coefficient (Wildman–Crippen LogP) is 1.14. The van der Waals surface area contributed by atoms with Crippen LogP contribution in [0.1, 0.15) is 30.8 Å². The monoisotopic (exact) mass is 234 g/mol. The van der Waals surface area contributed by atoms with E-state index in [-0.39, 0.29) is 5.91 Å². The van der Waals surface area contributed by atoms with E-state index in [2.05, 4.69) is 29.6 Å². The molecule has 1 amide bonds. The van der Waals surface area contributed by atoms with Gasteiger partial charge in [0, 0.05) is 6.54 Å².